The van der Waals surface area contributed by atoms with Crippen LogP contribution in [0.2, 0.25) is 5.02 Å². The van der Waals surface area contributed by atoms with Gasteiger partial charge in [-0.15, -0.1) is 5.10 Å². The predicted molar refractivity (Wildman–Crippen MR) is 139 cm³/mol. The van der Waals surface area contributed by atoms with Gasteiger partial charge in [0.1, 0.15) is 11.3 Å². The average molecular weight is 586 g/mol. The van der Waals surface area contributed by atoms with Crippen LogP contribution in [-0.2, 0) is 19.8 Å². The summed E-state index contributed by atoms with van der Waals surface area (Å²) >= 11 is 8.41. The summed E-state index contributed by atoms with van der Waals surface area (Å²) in [5.41, 5.74) is 0.510. The Kier molecular flexibility index (Phi) is 5.73. The molecule has 1 atom stereocenters. The summed E-state index contributed by atoms with van der Waals surface area (Å²) in [6.45, 7) is 0. The number of alkyl halides is 1. The summed E-state index contributed by atoms with van der Waals surface area (Å²) in [7, 11) is 3.30. The Labute approximate surface area is 213 Å². The Morgan fingerprint density at radius 2 is 1.76 bits per heavy atom. The number of nitrogens with zero attached hydrogens (tertiary/aromatic N) is 5. The summed E-state index contributed by atoms with van der Waals surface area (Å²) in [5.74, 6) is 0. The van der Waals surface area contributed by atoms with Crippen LogP contribution in [0.3, 0.4) is 0 Å². The zero-order chi connectivity index (χ0) is 24.0. The molecule has 2 aromatic carbocycles. The second-order valence-electron chi connectivity index (χ2n) is 7.97. The van der Waals surface area contributed by atoms with E-state index in [2.05, 4.69) is 37.9 Å². The molecule has 0 saturated carbocycles. The lowest BCUT2D eigenvalue weighted by atomic mass is 9.85. The number of aryl methyl sites for hydroxylation is 2. The first kappa shape index (κ1) is 22.7. The van der Waals surface area contributed by atoms with Gasteiger partial charge in [0.25, 0.3) is 5.56 Å². The number of fused-ring (bicyclic) bond motifs is 1. The van der Waals surface area contributed by atoms with Crippen LogP contribution >= 0.6 is 34.2 Å². The van der Waals surface area contributed by atoms with Crippen molar-refractivity contribution in [1.82, 2.24) is 24.5 Å². The molecule has 0 spiro atoms. The van der Waals surface area contributed by atoms with Crippen LogP contribution in [-0.4, -0.2) is 24.5 Å². The monoisotopic (exact) mass is 585 g/mol. The van der Waals surface area contributed by atoms with Crippen molar-refractivity contribution in [2.75, 3.05) is 0 Å². The Morgan fingerprint density at radius 1 is 1.00 bits per heavy atom. The molecule has 9 heteroatoms. The quantitative estimate of drug-likeness (QED) is 0.271. The van der Waals surface area contributed by atoms with Crippen LogP contribution in [0, 0.1) is 3.57 Å². The summed E-state index contributed by atoms with van der Waals surface area (Å²) in [4.78, 5) is 17.2. The van der Waals surface area contributed by atoms with E-state index >= 15 is 4.39 Å². The minimum atomic E-state index is -2.08. The largest absolute Gasteiger partial charge is 0.296 e. The molecule has 0 unspecified atom stereocenters. The minimum Gasteiger partial charge on any atom is -0.296 e. The zero-order valence-corrected chi connectivity index (χ0v) is 21.1. The highest BCUT2D eigenvalue weighted by molar-refractivity contribution is 14.1. The second kappa shape index (κ2) is 8.59. The van der Waals surface area contributed by atoms with Gasteiger partial charge in [-0.3, -0.25) is 9.36 Å². The molecule has 5 aromatic rings. The zero-order valence-electron chi connectivity index (χ0n) is 18.2. The first-order chi connectivity index (χ1) is 16.3. The van der Waals surface area contributed by atoms with Gasteiger partial charge in [0.2, 0.25) is 5.67 Å². The molecule has 0 aliphatic heterocycles. The van der Waals surface area contributed by atoms with E-state index in [1.807, 2.05) is 24.3 Å². The smallest absolute Gasteiger partial charge is 0.252 e. The molecule has 0 aliphatic carbocycles. The van der Waals surface area contributed by atoms with Gasteiger partial charge in [-0.05, 0) is 69.6 Å². The summed E-state index contributed by atoms with van der Waals surface area (Å²) in [5, 5.41) is 9.04. The molecule has 0 amide bonds. The number of aromatic nitrogens is 5. The molecule has 0 fully saturated rings. The van der Waals surface area contributed by atoms with Crippen LogP contribution in [0.25, 0.3) is 22.2 Å². The standard InChI is InChI=1S/C25H18ClFIN5O/c1-32-23(34)12-20(15-4-3-5-18(26)10-15)21-11-17(13-29-24(21)32)25(27,22-14-30-31-33(22)2)16-6-8-19(28)9-7-16/h3-14H,1-2H3/t25-/m1/s1. The number of hydrogen-bond donors (Lipinski definition) is 0. The van der Waals surface area contributed by atoms with E-state index in [9.17, 15) is 4.79 Å². The normalized spacial score (nSPS) is 13.2. The maximum absolute atomic E-state index is 17.3. The van der Waals surface area contributed by atoms with Gasteiger partial charge in [0.15, 0.2) is 0 Å². The summed E-state index contributed by atoms with van der Waals surface area (Å²) in [6, 6.07) is 17.7. The Balaban J connectivity index is 1.84. The van der Waals surface area contributed by atoms with Gasteiger partial charge >= 0.3 is 0 Å². The average Bonchev–Trinajstić information content (AvgIpc) is 3.27. The highest BCUT2D eigenvalue weighted by Gasteiger charge is 2.40. The third-order valence-electron chi connectivity index (χ3n) is 5.92. The molecule has 0 radical (unpaired) electrons. The molecular weight excluding hydrogens is 568 g/mol. The number of halogens is 3. The number of rotatable bonds is 4. The van der Waals surface area contributed by atoms with Gasteiger partial charge in [-0.1, -0.05) is 41.1 Å². The second-order valence-corrected chi connectivity index (χ2v) is 9.65. The van der Waals surface area contributed by atoms with Crippen molar-refractivity contribution in [3.05, 3.63) is 109 Å². The van der Waals surface area contributed by atoms with E-state index in [1.54, 1.807) is 44.4 Å². The highest BCUT2D eigenvalue weighted by atomic mass is 127. The van der Waals surface area contributed by atoms with Crippen molar-refractivity contribution in [2.24, 2.45) is 14.1 Å². The Hall–Kier alpha value is -3.11. The van der Waals surface area contributed by atoms with Crippen LogP contribution in [0.15, 0.2) is 77.9 Å². The molecule has 0 saturated heterocycles. The molecule has 3 aromatic heterocycles. The lowest BCUT2D eigenvalue weighted by Gasteiger charge is -2.26. The van der Waals surface area contributed by atoms with Gasteiger partial charge < -0.3 is 0 Å². The third-order valence-corrected chi connectivity index (χ3v) is 6.87. The Morgan fingerprint density at radius 3 is 2.44 bits per heavy atom. The number of benzene rings is 2. The molecule has 6 nitrogen and oxygen atoms in total. The maximum Gasteiger partial charge on any atom is 0.252 e. The Bertz CT molecular complexity index is 1600. The molecule has 0 aliphatic rings. The van der Waals surface area contributed by atoms with Crippen molar-refractivity contribution < 1.29 is 4.39 Å². The highest BCUT2D eigenvalue weighted by Crippen LogP contribution is 2.41. The molecule has 3 heterocycles. The fraction of sp³-hybridized carbons (Fsp3) is 0.120. The third kappa shape index (κ3) is 3.70. The van der Waals surface area contributed by atoms with E-state index in [1.165, 1.54) is 27.7 Å². The van der Waals surface area contributed by atoms with Crippen LogP contribution in [0.1, 0.15) is 16.8 Å². The van der Waals surface area contributed by atoms with Crippen LogP contribution in [0.4, 0.5) is 4.39 Å². The summed E-state index contributed by atoms with van der Waals surface area (Å²) in [6.07, 6.45) is 2.88. The summed E-state index contributed by atoms with van der Waals surface area (Å²) < 4.78 is 21.1. The van der Waals surface area contributed by atoms with Crippen molar-refractivity contribution >= 4 is 45.2 Å². The SMILES string of the molecule is Cn1nncc1[C@@](F)(c1ccc(I)cc1)c1cnc2c(c1)c(-c1cccc(Cl)c1)cc(=O)n2C. The minimum absolute atomic E-state index is 0.220. The van der Waals surface area contributed by atoms with E-state index in [4.69, 9.17) is 11.6 Å². The predicted octanol–water partition coefficient (Wildman–Crippen LogP) is 5.25. The topological polar surface area (TPSA) is 65.6 Å². The number of pyridine rings is 2. The fourth-order valence-electron chi connectivity index (χ4n) is 4.15. The molecule has 34 heavy (non-hydrogen) atoms. The molecule has 0 bridgehead atoms. The number of hydrogen-bond acceptors (Lipinski definition) is 4. The lowest BCUT2D eigenvalue weighted by molar-refractivity contribution is 0.263. The van der Waals surface area contributed by atoms with E-state index < -0.39 is 5.67 Å². The maximum atomic E-state index is 17.3. The van der Waals surface area contributed by atoms with Crippen molar-refractivity contribution in [3.63, 3.8) is 0 Å². The van der Waals surface area contributed by atoms with Crippen LogP contribution < -0.4 is 5.56 Å². The van der Waals surface area contributed by atoms with E-state index in [-0.39, 0.29) is 11.3 Å². The van der Waals surface area contributed by atoms with Gasteiger partial charge in [-0.2, -0.15) is 0 Å². The van der Waals surface area contributed by atoms with Crippen LogP contribution in [0.5, 0.6) is 0 Å². The van der Waals surface area contributed by atoms with E-state index in [0.717, 1.165) is 9.13 Å². The van der Waals surface area contributed by atoms with E-state index in [0.29, 0.717) is 32.7 Å². The lowest BCUT2D eigenvalue weighted by Crippen LogP contribution is -2.27. The first-order valence-corrected chi connectivity index (χ1v) is 11.8. The van der Waals surface area contributed by atoms with Crippen molar-refractivity contribution in [1.29, 1.82) is 0 Å². The molecule has 5 rings (SSSR count). The van der Waals surface area contributed by atoms with Gasteiger partial charge in [0, 0.05) is 45.9 Å². The van der Waals surface area contributed by atoms with Gasteiger partial charge in [0.05, 0.1) is 6.20 Å². The van der Waals surface area contributed by atoms with Crippen molar-refractivity contribution in [3.8, 4) is 11.1 Å². The molecular formula is C25H18ClFIN5O. The molecule has 170 valence electrons. The van der Waals surface area contributed by atoms with Gasteiger partial charge in [-0.25, -0.2) is 14.1 Å². The fourth-order valence-corrected chi connectivity index (χ4v) is 4.70. The molecule has 0 N–H and O–H groups in total. The first-order valence-electron chi connectivity index (χ1n) is 10.4. The van der Waals surface area contributed by atoms with Crippen molar-refractivity contribution in [2.45, 2.75) is 5.67 Å².